The summed E-state index contributed by atoms with van der Waals surface area (Å²) >= 11 is 0. The summed E-state index contributed by atoms with van der Waals surface area (Å²) < 4.78 is 11.9. The van der Waals surface area contributed by atoms with Crippen LogP contribution in [0.5, 0.6) is 11.5 Å². The summed E-state index contributed by atoms with van der Waals surface area (Å²) in [5, 5.41) is 0. The fraction of sp³-hybridized carbons (Fsp3) is 0.429. The molecular weight excluding hydrogens is 312 g/mol. The third-order valence-corrected chi connectivity index (χ3v) is 5.27. The quantitative estimate of drug-likeness (QED) is 0.855. The molecule has 1 saturated heterocycles. The van der Waals surface area contributed by atoms with E-state index in [1.54, 1.807) is 0 Å². The van der Waals surface area contributed by atoms with Crippen molar-refractivity contribution in [3.05, 3.63) is 60.2 Å². The zero-order valence-corrected chi connectivity index (χ0v) is 14.8. The van der Waals surface area contributed by atoms with Crippen molar-refractivity contribution >= 4 is 0 Å². The fourth-order valence-electron chi connectivity index (χ4n) is 3.72. The predicted molar refractivity (Wildman–Crippen MR) is 99.2 cm³/mol. The van der Waals surface area contributed by atoms with Crippen LogP contribution in [0.25, 0.3) is 0 Å². The number of hydrogen-bond donors (Lipinski definition) is 0. The first-order chi connectivity index (χ1) is 12.3. The summed E-state index contributed by atoms with van der Waals surface area (Å²) in [5.74, 6) is 1.73. The Morgan fingerprint density at radius 3 is 2.36 bits per heavy atom. The summed E-state index contributed by atoms with van der Waals surface area (Å²) in [6.07, 6.45) is 0.119. The summed E-state index contributed by atoms with van der Waals surface area (Å²) in [4.78, 5) is 5.07. The maximum atomic E-state index is 6.10. The molecule has 0 aliphatic carbocycles. The highest BCUT2D eigenvalue weighted by atomic mass is 16.6. The Morgan fingerprint density at radius 1 is 0.920 bits per heavy atom. The second-order valence-electron chi connectivity index (χ2n) is 6.92. The highest BCUT2D eigenvalue weighted by Crippen LogP contribution is 2.31. The Balaban J connectivity index is 1.28. The Hall–Kier alpha value is -2.04. The molecule has 132 valence electrons. The molecule has 0 spiro atoms. The van der Waals surface area contributed by atoms with E-state index in [1.807, 2.05) is 24.3 Å². The van der Waals surface area contributed by atoms with Crippen LogP contribution in [0, 0.1) is 0 Å². The van der Waals surface area contributed by atoms with Gasteiger partial charge in [-0.15, -0.1) is 0 Å². The van der Waals surface area contributed by atoms with E-state index in [-0.39, 0.29) is 6.10 Å². The molecule has 2 heterocycles. The molecule has 2 aromatic rings. The molecule has 2 aliphatic rings. The van der Waals surface area contributed by atoms with Crippen molar-refractivity contribution in [3.63, 3.8) is 0 Å². The normalized spacial score (nSPS) is 22.5. The molecule has 0 N–H and O–H groups in total. The Kier molecular flexibility index (Phi) is 4.90. The topological polar surface area (TPSA) is 24.9 Å². The smallest absolute Gasteiger partial charge is 0.161 e. The van der Waals surface area contributed by atoms with E-state index in [9.17, 15) is 0 Å². The van der Waals surface area contributed by atoms with Crippen molar-refractivity contribution in [1.82, 2.24) is 9.80 Å². The monoisotopic (exact) mass is 338 g/mol. The number of para-hydroxylation sites is 2. The lowest BCUT2D eigenvalue weighted by Crippen LogP contribution is -2.51. The van der Waals surface area contributed by atoms with Crippen LogP contribution in [0.1, 0.15) is 18.5 Å². The van der Waals surface area contributed by atoms with Gasteiger partial charge < -0.3 is 9.47 Å². The average Bonchev–Trinajstić information content (AvgIpc) is 2.69. The molecule has 1 fully saturated rings. The fourth-order valence-corrected chi connectivity index (χ4v) is 3.72. The van der Waals surface area contributed by atoms with Crippen LogP contribution in [-0.2, 0) is 0 Å². The van der Waals surface area contributed by atoms with Gasteiger partial charge in [0, 0.05) is 38.8 Å². The van der Waals surface area contributed by atoms with Crippen molar-refractivity contribution in [3.8, 4) is 11.5 Å². The van der Waals surface area contributed by atoms with Gasteiger partial charge in [-0.1, -0.05) is 42.5 Å². The molecule has 4 rings (SSSR count). The Labute approximate surface area is 150 Å². The van der Waals surface area contributed by atoms with Gasteiger partial charge in [0.2, 0.25) is 0 Å². The molecule has 0 bridgehead atoms. The molecule has 2 aliphatic heterocycles. The number of rotatable bonds is 4. The van der Waals surface area contributed by atoms with Crippen LogP contribution in [0.3, 0.4) is 0 Å². The van der Waals surface area contributed by atoms with Crippen LogP contribution < -0.4 is 9.47 Å². The van der Waals surface area contributed by atoms with E-state index in [2.05, 4.69) is 47.1 Å². The Bertz CT molecular complexity index is 683. The highest BCUT2D eigenvalue weighted by molar-refractivity contribution is 5.40. The number of fused-ring (bicyclic) bond motifs is 1. The standard InChI is InChI=1S/C21H26N2O2/c1-17(18-7-3-2-4-8-18)23-13-11-22(12-14-23)15-19-16-24-20-9-5-6-10-21(20)25-19/h2-10,17,19H,11-16H2,1H3. The zero-order valence-electron chi connectivity index (χ0n) is 14.8. The molecule has 4 nitrogen and oxygen atoms in total. The number of hydrogen-bond acceptors (Lipinski definition) is 4. The van der Waals surface area contributed by atoms with Gasteiger partial charge in [0.1, 0.15) is 12.7 Å². The van der Waals surface area contributed by atoms with Crippen LogP contribution in [0.4, 0.5) is 0 Å². The minimum atomic E-state index is 0.119. The van der Waals surface area contributed by atoms with E-state index >= 15 is 0 Å². The predicted octanol–water partition coefficient (Wildman–Crippen LogP) is 3.21. The number of ether oxygens (including phenoxy) is 2. The minimum absolute atomic E-state index is 0.119. The third kappa shape index (κ3) is 3.80. The van der Waals surface area contributed by atoms with Crippen molar-refractivity contribution in [1.29, 1.82) is 0 Å². The summed E-state index contributed by atoms with van der Waals surface area (Å²) in [7, 11) is 0. The van der Waals surface area contributed by atoms with E-state index in [0.29, 0.717) is 12.6 Å². The van der Waals surface area contributed by atoms with Crippen LogP contribution in [0.2, 0.25) is 0 Å². The summed E-state index contributed by atoms with van der Waals surface area (Å²) in [5.41, 5.74) is 1.40. The van der Waals surface area contributed by atoms with Crippen molar-refractivity contribution in [2.45, 2.75) is 19.1 Å². The molecular formula is C21H26N2O2. The summed E-state index contributed by atoms with van der Waals surface area (Å²) in [6, 6.07) is 19.2. The second kappa shape index (κ2) is 7.46. The Morgan fingerprint density at radius 2 is 1.60 bits per heavy atom. The average molecular weight is 338 g/mol. The van der Waals surface area contributed by atoms with Gasteiger partial charge in [-0.2, -0.15) is 0 Å². The first kappa shape index (κ1) is 16.4. The summed E-state index contributed by atoms with van der Waals surface area (Å²) in [6.45, 7) is 8.23. The van der Waals surface area contributed by atoms with Gasteiger partial charge in [0.15, 0.2) is 11.5 Å². The van der Waals surface area contributed by atoms with Gasteiger partial charge in [-0.25, -0.2) is 0 Å². The molecule has 0 radical (unpaired) electrons. The number of nitrogens with zero attached hydrogens (tertiary/aromatic N) is 2. The molecule has 0 aromatic heterocycles. The first-order valence-electron chi connectivity index (χ1n) is 9.19. The second-order valence-corrected chi connectivity index (χ2v) is 6.92. The molecule has 0 amide bonds. The maximum absolute atomic E-state index is 6.10. The van der Waals surface area contributed by atoms with Crippen molar-refractivity contribution in [2.75, 3.05) is 39.3 Å². The molecule has 2 atom stereocenters. The van der Waals surface area contributed by atoms with Gasteiger partial charge in [-0.3, -0.25) is 9.80 Å². The van der Waals surface area contributed by atoms with Gasteiger partial charge in [0.25, 0.3) is 0 Å². The maximum Gasteiger partial charge on any atom is 0.161 e. The number of piperazine rings is 1. The molecule has 2 unspecified atom stereocenters. The van der Waals surface area contributed by atoms with Gasteiger partial charge in [0.05, 0.1) is 0 Å². The lowest BCUT2D eigenvalue weighted by atomic mass is 10.1. The number of benzene rings is 2. The lowest BCUT2D eigenvalue weighted by Gasteiger charge is -2.39. The van der Waals surface area contributed by atoms with E-state index in [0.717, 1.165) is 44.2 Å². The molecule has 4 heteroatoms. The van der Waals surface area contributed by atoms with Crippen molar-refractivity contribution < 1.29 is 9.47 Å². The van der Waals surface area contributed by atoms with E-state index in [4.69, 9.17) is 9.47 Å². The first-order valence-corrected chi connectivity index (χ1v) is 9.19. The molecule has 2 aromatic carbocycles. The highest BCUT2D eigenvalue weighted by Gasteiger charge is 2.26. The van der Waals surface area contributed by atoms with Gasteiger partial charge >= 0.3 is 0 Å². The van der Waals surface area contributed by atoms with E-state index in [1.165, 1.54) is 5.56 Å². The SMILES string of the molecule is CC(c1ccccc1)N1CCN(CC2COc3ccccc3O2)CC1. The van der Waals surface area contributed by atoms with Crippen molar-refractivity contribution in [2.24, 2.45) is 0 Å². The molecule has 25 heavy (non-hydrogen) atoms. The van der Waals surface area contributed by atoms with Crippen LogP contribution in [0.15, 0.2) is 54.6 Å². The molecule has 0 saturated carbocycles. The van der Waals surface area contributed by atoms with E-state index < -0.39 is 0 Å². The lowest BCUT2D eigenvalue weighted by molar-refractivity contribution is 0.0336. The van der Waals surface area contributed by atoms with Crippen LogP contribution >= 0.6 is 0 Å². The third-order valence-electron chi connectivity index (χ3n) is 5.27. The van der Waals surface area contributed by atoms with Crippen LogP contribution in [-0.4, -0.2) is 55.2 Å². The zero-order chi connectivity index (χ0) is 17.1. The largest absolute Gasteiger partial charge is 0.486 e. The minimum Gasteiger partial charge on any atom is -0.486 e. The van der Waals surface area contributed by atoms with Gasteiger partial charge in [-0.05, 0) is 24.6 Å².